The summed E-state index contributed by atoms with van der Waals surface area (Å²) >= 11 is 14.0. The number of nitrogens with zero attached hydrogens (tertiary/aromatic N) is 1. The molecule has 114 valence electrons. The zero-order valence-electron chi connectivity index (χ0n) is 12.1. The fourth-order valence-corrected chi connectivity index (χ4v) is 4.47. The van der Waals surface area contributed by atoms with Crippen LogP contribution < -0.4 is 0 Å². The maximum absolute atomic E-state index is 12.9. The van der Waals surface area contributed by atoms with E-state index in [0.29, 0.717) is 10.0 Å². The van der Waals surface area contributed by atoms with Crippen molar-refractivity contribution in [1.29, 1.82) is 0 Å². The maximum atomic E-state index is 12.9. The molecule has 0 aromatic heterocycles. The van der Waals surface area contributed by atoms with E-state index in [4.69, 9.17) is 23.2 Å². The number of carbonyl (C=O) groups excluding carboxylic acids is 1. The molecule has 2 aromatic rings. The van der Waals surface area contributed by atoms with Crippen LogP contribution in [0.1, 0.15) is 26.9 Å². The van der Waals surface area contributed by atoms with Gasteiger partial charge in [-0.1, -0.05) is 47.5 Å². The molecule has 22 heavy (non-hydrogen) atoms. The molecule has 0 N–H and O–H groups in total. The van der Waals surface area contributed by atoms with E-state index >= 15 is 0 Å². The van der Waals surface area contributed by atoms with E-state index in [0.717, 1.165) is 29.0 Å². The second-order valence-electron chi connectivity index (χ2n) is 5.20. The molecule has 1 aliphatic rings. The first-order chi connectivity index (χ1) is 10.6. The van der Waals surface area contributed by atoms with Crippen molar-refractivity contribution in [2.24, 2.45) is 0 Å². The molecule has 1 amide bonds. The highest BCUT2D eigenvalue weighted by atomic mass is 35.5. The summed E-state index contributed by atoms with van der Waals surface area (Å²) < 4.78 is 0. The van der Waals surface area contributed by atoms with Crippen molar-refractivity contribution in [2.75, 3.05) is 12.3 Å². The van der Waals surface area contributed by atoms with E-state index in [2.05, 4.69) is 0 Å². The van der Waals surface area contributed by atoms with E-state index in [9.17, 15) is 4.79 Å². The lowest BCUT2D eigenvalue weighted by Gasteiger charge is -2.25. The largest absolute Gasteiger partial charge is 0.322 e. The summed E-state index contributed by atoms with van der Waals surface area (Å²) in [6.45, 7) is 2.68. The molecule has 0 saturated carbocycles. The molecular weight excluding hydrogens is 337 g/mol. The quantitative estimate of drug-likeness (QED) is 0.741. The monoisotopic (exact) mass is 351 g/mol. The van der Waals surface area contributed by atoms with Gasteiger partial charge in [-0.25, -0.2) is 0 Å². The number of aryl methyl sites for hydroxylation is 1. The number of hydrogen-bond donors (Lipinski definition) is 0. The van der Waals surface area contributed by atoms with Crippen molar-refractivity contribution in [3.8, 4) is 0 Å². The Morgan fingerprint density at radius 2 is 2.00 bits per heavy atom. The van der Waals surface area contributed by atoms with Crippen molar-refractivity contribution in [3.05, 3.63) is 69.2 Å². The van der Waals surface area contributed by atoms with E-state index in [1.165, 1.54) is 0 Å². The van der Waals surface area contributed by atoms with Crippen LogP contribution in [0.2, 0.25) is 10.0 Å². The van der Waals surface area contributed by atoms with E-state index < -0.39 is 0 Å². The van der Waals surface area contributed by atoms with Gasteiger partial charge in [-0.05, 0) is 30.7 Å². The summed E-state index contributed by atoms with van der Waals surface area (Å²) in [6, 6.07) is 13.1. The van der Waals surface area contributed by atoms with Crippen LogP contribution in [-0.4, -0.2) is 23.1 Å². The average molecular weight is 352 g/mol. The van der Waals surface area contributed by atoms with Gasteiger partial charge in [0, 0.05) is 33.5 Å². The Hall–Kier alpha value is -1.16. The van der Waals surface area contributed by atoms with E-state index in [1.807, 2.05) is 48.2 Å². The minimum absolute atomic E-state index is 0.0547. The highest BCUT2D eigenvalue weighted by molar-refractivity contribution is 7.99. The third kappa shape index (κ3) is 2.98. The lowest BCUT2D eigenvalue weighted by molar-refractivity contribution is 0.0759. The minimum Gasteiger partial charge on any atom is -0.322 e. The number of carbonyl (C=O) groups is 1. The number of thioether (sulfide) groups is 1. The Morgan fingerprint density at radius 3 is 2.73 bits per heavy atom. The molecule has 2 aromatic carbocycles. The standard InChI is InChI=1S/C17H15Cl2NOS/c1-11-4-2-3-5-13(11)16(21)20-8-9-22-17(20)14-7-6-12(18)10-15(14)19/h2-7,10,17H,8-9H2,1H3. The Morgan fingerprint density at radius 1 is 1.23 bits per heavy atom. The lowest BCUT2D eigenvalue weighted by atomic mass is 10.1. The summed E-state index contributed by atoms with van der Waals surface area (Å²) in [4.78, 5) is 14.8. The van der Waals surface area contributed by atoms with Crippen LogP contribution in [0.25, 0.3) is 0 Å². The van der Waals surface area contributed by atoms with Gasteiger partial charge >= 0.3 is 0 Å². The van der Waals surface area contributed by atoms with Gasteiger partial charge in [0.25, 0.3) is 5.91 Å². The first-order valence-electron chi connectivity index (χ1n) is 7.01. The predicted molar refractivity (Wildman–Crippen MR) is 93.9 cm³/mol. The van der Waals surface area contributed by atoms with Crippen LogP contribution in [0, 0.1) is 6.92 Å². The predicted octanol–water partition coefficient (Wildman–Crippen LogP) is 5.19. The third-order valence-electron chi connectivity index (χ3n) is 3.76. The Bertz CT molecular complexity index is 720. The maximum Gasteiger partial charge on any atom is 0.255 e. The number of amides is 1. The Balaban J connectivity index is 1.93. The first kappa shape index (κ1) is 15.7. The van der Waals surface area contributed by atoms with Gasteiger partial charge in [0.1, 0.15) is 5.37 Å². The van der Waals surface area contributed by atoms with Crippen LogP contribution in [0.5, 0.6) is 0 Å². The van der Waals surface area contributed by atoms with Crippen LogP contribution in [0.15, 0.2) is 42.5 Å². The number of hydrogen-bond acceptors (Lipinski definition) is 2. The van der Waals surface area contributed by atoms with E-state index in [1.54, 1.807) is 17.8 Å². The van der Waals surface area contributed by atoms with E-state index in [-0.39, 0.29) is 11.3 Å². The third-order valence-corrected chi connectivity index (χ3v) is 5.56. The van der Waals surface area contributed by atoms with Gasteiger partial charge < -0.3 is 4.90 Å². The van der Waals surface area contributed by atoms with Gasteiger partial charge in [0.15, 0.2) is 0 Å². The Labute approximate surface area is 144 Å². The second kappa shape index (κ2) is 6.53. The normalized spacial score (nSPS) is 17.8. The van der Waals surface area contributed by atoms with Gasteiger partial charge in [-0.2, -0.15) is 0 Å². The van der Waals surface area contributed by atoms with Gasteiger partial charge in [0.05, 0.1) is 0 Å². The van der Waals surface area contributed by atoms with Crippen molar-refractivity contribution in [2.45, 2.75) is 12.3 Å². The molecule has 1 fully saturated rings. The molecule has 1 aliphatic heterocycles. The summed E-state index contributed by atoms with van der Waals surface area (Å²) in [5, 5.41) is 1.15. The fraction of sp³-hybridized carbons (Fsp3) is 0.235. The number of rotatable bonds is 2. The molecule has 0 spiro atoms. The average Bonchev–Trinajstić information content (AvgIpc) is 2.96. The summed E-state index contributed by atoms with van der Waals surface area (Å²) in [7, 11) is 0. The molecule has 0 bridgehead atoms. The first-order valence-corrected chi connectivity index (χ1v) is 8.81. The van der Waals surface area contributed by atoms with Crippen LogP contribution in [-0.2, 0) is 0 Å². The molecule has 1 atom stereocenters. The smallest absolute Gasteiger partial charge is 0.255 e. The fourth-order valence-electron chi connectivity index (χ4n) is 2.60. The van der Waals surface area contributed by atoms with Crippen LogP contribution in [0.4, 0.5) is 0 Å². The molecule has 1 heterocycles. The molecule has 1 unspecified atom stereocenters. The van der Waals surface area contributed by atoms with Crippen molar-refractivity contribution < 1.29 is 4.79 Å². The summed E-state index contributed by atoms with van der Waals surface area (Å²) in [5.74, 6) is 0.959. The van der Waals surface area contributed by atoms with Crippen molar-refractivity contribution in [1.82, 2.24) is 4.90 Å². The van der Waals surface area contributed by atoms with Gasteiger partial charge in [-0.15, -0.1) is 11.8 Å². The molecule has 0 aliphatic carbocycles. The molecule has 1 saturated heterocycles. The van der Waals surface area contributed by atoms with Crippen LogP contribution >= 0.6 is 35.0 Å². The molecular formula is C17H15Cl2NOS. The summed E-state index contributed by atoms with van der Waals surface area (Å²) in [6.07, 6.45) is 0. The lowest BCUT2D eigenvalue weighted by Crippen LogP contribution is -2.31. The second-order valence-corrected chi connectivity index (χ2v) is 7.23. The topological polar surface area (TPSA) is 20.3 Å². The zero-order valence-corrected chi connectivity index (χ0v) is 14.4. The van der Waals surface area contributed by atoms with Gasteiger partial charge in [0.2, 0.25) is 0 Å². The van der Waals surface area contributed by atoms with Gasteiger partial charge in [-0.3, -0.25) is 4.79 Å². The highest BCUT2D eigenvalue weighted by Crippen LogP contribution is 2.42. The molecule has 0 radical (unpaired) electrons. The van der Waals surface area contributed by atoms with Crippen LogP contribution in [0.3, 0.4) is 0 Å². The SMILES string of the molecule is Cc1ccccc1C(=O)N1CCSC1c1ccc(Cl)cc1Cl. The van der Waals surface area contributed by atoms with Crippen molar-refractivity contribution in [3.63, 3.8) is 0 Å². The minimum atomic E-state index is -0.0585. The molecule has 3 rings (SSSR count). The number of benzene rings is 2. The Kier molecular flexibility index (Phi) is 4.67. The van der Waals surface area contributed by atoms with Crippen molar-refractivity contribution >= 4 is 40.9 Å². The summed E-state index contributed by atoms with van der Waals surface area (Å²) in [5.41, 5.74) is 2.68. The highest BCUT2D eigenvalue weighted by Gasteiger charge is 2.32. The number of halogens is 2. The zero-order chi connectivity index (χ0) is 15.7. The molecule has 5 heteroatoms. The molecule has 2 nitrogen and oxygen atoms in total.